The summed E-state index contributed by atoms with van der Waals surface area (Å²) in [4.78, 5) is 8.26. The van der Waals surface area contributed by atoms with Crippen LogP contribution in [0.2, 0.25) is 0 Å². The smallest absolute Gasteiger partial charge is 0.0777 e. The van der Waals surface area contributed by atoms with E-state index in [0.717, 1.165) is 11.4 Å². The van der Waals surface area contributed by atoms with Gasteiger partial charge in [-0.05, 0) is 31.0 Å². The maximum absolute atomic E-state index is 4.22. The minimum Gasteiger partial charge on any atom is -0.379 e. The lowest BCUT2D eigenvalue weighted by Gasteiger charge is -2.10. The highest BCUT2D eigenvalue weighted by Gasteiger charge is 2.00. The molecule has 0 bridgehead atoms. The van der Waals surface area contributed by atoms with Crippen LogP contribution in [0.1, 0.15) is 16.8 Å². The minimum absolute atomic E-state index is 0.706. The fraction of sp³-hybridized carbons (Fsp3) is 0.231. The van der Waals surface area contributed by atoms with Gasteiger partial charge < -0.3 is 5.32 Å². The van der Waals surface area contributed by atoms with Crippen LogP contribution in [-0.4, -0.2) is 9.97 Å². The first-order valence-electron chi connectivity index (χ1n) is 5.32. The van der Waals surface area contributed by atoms with E-state index in [4.69, 9.17) is 0 Å². The topological polar surface area (TPSA) is 37.8 Å². The number of benzene rings is 1. The van der Waals surface area contributed by atoms with Crippen LogP contribution in [0.3, 0.4) is 0 Å². The molecule has 82 valence electrons. The summed E-state index contributed by atoms with van der Waals surface area (Å²) >= 11 is 0. The highest BCUT2D eigenvalue weighted by molar-refractivity contribution is 5.53. The number of rotatable bonds is 3. The quantitative estimate of drug-likeness (QED) is 0.851. The van der Waals surface area contributed by atoms with Crippen LogP contribution in [0.25, 0.3) is 0 Å². The average molecular weight is 213 g/mol. The summed E-state index contributed by atoms with van der Waals surface area (Å²) in [6.45, 7) is 4.94. The Morgan fingerprint density at radius 2 is 2.06 bits per heavy atom. The molecule has 2 aromatic rings. The first kappa shape index (κ1) is 10.6. The van der Waals surface area contributed by atoms with Crippen molar-refractivity contribution in [3.63, 3.8) is 0 Å². The summed E-state index contributed by atoms with van der Waals surface area (Å²) in [5, 5.41) is 3.37. The van der Waals surface area contributed by atoms with Gasteiger partial charge in [-0.3, -0.25) is 9.97 Å². The number of anilines is 1. The zero-order chi connectivity index (χ0) is 11.4. The Hall–Kier alpha value is -1.90. The van der Waals surface area contributed by atoms with E-state index in [-0.39, 0.29) is 0 Å². The van der Waals surface area contributed by atoms with Crippen molar-refractivity contribution in [3.05, 3.63) is 53.6 Å². The van der Waals surface area contributed by atoms with Crippen molar-refractivity contribution in [3.8, 4) is 0 Å². The molecular formula is C13H15N3. The molecule has 1 heterocycles. The molecule has 0 atom stereocenters. The zero-order valence-corrected chi connectivity index (χ0v) is 9.57. The fourth-order valence-corrected chi connectivity index (χ4v) is 1.55. The standard InChI is InChI=1S/C13H15N3/c1-10-4-3-5-13(11(10)2)16-9-12-8-14-6-7-15-12/h3-8,16H,9H2,1-2H3. The van der Waals surface area contributed by atoms with Crippen molar-refractivity contribution in [2.75, 3.05) is 5.32 Å². The van der Waals surface area contributed by atoms with E-state index < -0.39 is 0 Å². The van der Waals surface area contributed by atoms with Gasteiger partial charge in [-0.1, -0.05) is 12.1 Å². The zero-order valence-electron chi connectivity index (χ0n) is 9.57. The lowest BCUT2D eigenvalue weighted by Crippen LogP contribution is -2.03. The Kier molecular flexibility index (Phi) is 3.15. The molecule has 0 aliphatic carbocycles. The fourth-order valence-electron chi connectivity index (χ4n) is 1.55. The van der Waals surface area contributed by atoms with Crippen LogP contribution >= 0.6 is 0 Å². The molecule has 1 aromatic heterocycles. The van der Waals surface area contributed by atoms with E-state index in [1.54, 1.807) is 18.6 Å². The normalized spacial score (nSPS) is 10.1. The molecule has 0 spiro atoms. The first-order valence-corrected chi connectivity index (χ1v) is 5.32. The number of aromatic nitrogens is 2. The van der Waals surface area contributed by atoms with E-state index in [2.05, 4.69) is 47.3 Å². The molecule has 0 aliphatic heterocycles. The average Bonchev–Trinajstić information content (AvgIpc) is 2.32. The Balaban J connectivity index is 2.08. The van der Waals surface area contributed by atoms with Crippen molar-refractivity contribution < 1.29 is 0 Å². The lowest BCUT2D eigenvalue weighted by molar-refractivity contribution is 1.01. The van der Waals surface area contributed by atoms with Crippen LogP contribution in [-0.2, 0) is 6.54 Å². The van der Waals surface area contributed by atoms with E-state index in [0.29, 0.717) is 6.54 Å². The third-order valence-corrected chi connectivity index (χ3v) is 2.68. The minimum atomic E-state index is 0.706. The van der Waals surface area contributed by atoms with Gasteiger partial charge in [-0.25, -0.2) is 0 Å². The summed E-state index contributed by atoms with van der Waals surface area (Å²) in [5.74, 6) is 0. The second-order valence-corrected chi connectivity index (χ2v) is 3.80. The maximum Gasteiger partial charge on any atom is 0.0777 e. The number of nitrogens with one attached hydrogen (secondary N) is 1. The van der Waals surface area contributed by atoms with Crippen LogP contribution in [0, 0.1) is 13.8 Å². The molecule has 1 aromatic carbocycles. The predicted molar refractivity (Wildman–Crippen MR) is 65.3 cm³/mol. The van der Waals surface area contributed by atoms with Crippen molar-refractivity contribution in [2.45, 2.75) is 20.4 Å². The molecule has 3 nitrogen and oxygen atoms in total. The molecule has 2 rings (SSSR count). The monoisotopic (exact) mass is 213 g/mol. The molecule has 0 unspecified atom stereocenters. The highest BCUT2D eigenvalue weighted by atomic mass is 14.9. The summed E-state index contributed by atoms with van der Waals surface area (Å²) in [6, 6.07) is 6.25. The Morgan fingerprint density at radius 1 is 1.19 bits per heavy atom. The predicted octanol–water partition coefficient (Wildman–Crippen LogP) is 2.71. The highest BCUT2D eigenvalue weighted by Crippen LogP contribution is 2.18. The summed E-state index contributed by atoms with van der Waals surface area (Å²) in [6.07, 6.45) is 5.17. The van der Waals surface area contributed by atoms with Gasteiger partial charge >= 0.3 is 0 Å². The van der Waals surface area contributed by atoms with Gasteiger partial charge in [-0.2, -0.15) is 0 Å². The Labute approximate surface area is 95.6 Å². The molecule has 0 fully saturated rings. The summed E-state index contributed by atoms with van der Waals surface area (Å²) < 4.78 is 0. The number of aryl methyl sites for hydroxylation is 1. The third-order valence-electron chi connectivity index (χ3n) is 2.68. The van der Waals surface area contributed by atoms with Crippen LogP contribution in [0.15, 0.2) is 36.8 Å². The second-order valence-electron chi connectivity index (χ2n) is 3.80. The SMILES string of the molecule is Cc1cccc(NCc2cnccn2)c1C. The lowest BCUT2D eigenvalue weighted by atomic mass is 10.1. The van der Waals surface area contributed by atoms with Crippen molar-refractivity contribution >= 4 is 5.69 Å². The molecule has 0 radical (unpaired) electrons. The van der Waals surface area contributed by atoms with Gasteiger partial charge in [0.1, 0.15) is 0 Å². The van der Waals surface area contributed by atoms with E-state index >= 15 is 0 Å². The molecule has 16 heavy (non-hydrogen) atoms. The second kappa shape index (κ2) is 4.75. The largest absolute Gasteiger partial charge is 0.379 e. The maximum atomic E-state index is 4.22. The van der Waals surface area contributed by atoms with Crippen molar-refractivity contribution in [1.29, 1.82) is 0 Å². The van der Waals surface area contributed by atoms with Crippen molar-refractivity contribution in [1.82, 2.24) is 9.97 Å². The Bertz CT molecular complexity index is 466. The number of nitrogens with zero attached hydrogens (tertiary/aromatic N) is 2. The number of hydrogen-bond donors (Lipinski definition) is 1. The number of hydrogen-bond acceptors (Lipinski definition) is 3. The van der Waals surface area contributed by atoms with Crippen LogP contribution in [0.5, 0.6) is 0 Å². The van der Waals surface area contributed by atoms with Crippen LogP contribution < -0.4 is 5.32 Å². The first-order chi connectivity index (χ1) is 7.77. The van der Waals surface area contributed by atoms with Gasteiger partial charge in [0.2, 0.25) is 0 Å². The van der Waals surface area contributed by atoms with Gasteiger partial charge in [-0.15, -0.1) is 0 Å². The molecular weight excluding hydrogens is 198 g/mol. The molecule has 0 aliphatic rings. The van der Waals surface area contributed by atoms with Gasteiger partial charge in [0.05, 0.1) is 18.4 Å². The Morgan fingerprint density at radius 3 is 2.81 bits per heavy atom. The third kappa shape index (κ3) is 2.37. The van der Waals surface area contributed by atoms with Crippen molar-refractivity contribution in [2.24, 2.45) is 0 Å². The molecule has 3 heteroatoms. The van der Waals surface area contributed by atoms with E-state index in [1.165, 1.54) is 11.1 Å². The molecule has 0 saturated heterocycles. The molecule has 1 N–H and O–H groups in total. The molecule has 0 saturated carbocycles. The van der Waals surface area contributed by atoms with E-state index in [9.17, 15) is 0 Å². The summed E-state index contributed by atoms with van der Waals surface area (Å²) in [5.41, 5.74) is 4.68. The van der Waals surface area contributed by atoms with Gasteiger partial charge in [0.25, 0.3) is 0 Å². The summed E-state index contributed by atoms with van der Waals surface area (Å²) in [7, 11) is 0. The van der Waals surface area contributed by atoms with Crippen LogP contribution in [0.4, 0.5) is 5.69 Å². The molecule has 0 amide bonds. The van der Waals surface area contributed by atoms with Gasteiger partial charge in [0.15, 0.2) is 0 Å². The van der Waals surface area contributed by atoms with E-state index in [1.807, 2.05) is 0 Å². The van der Waals surface area contributed by atoms with Gasteiger partial charge in [0, 0.05) is 18.1 Å².